The van der Waals surface area contributed by atoms with Gasteiger partial charge in [0.2, 0.25) is 0 Å². The van der Waals surface area contributed by atoms with Crippen LogP contribution in [0.4, 0.5) is 0 Å². The van der Waals surface area contributed by atoms with Crippen molar-refractivity contribution in [1.29, 1.82) is 0 Å². The average molecular weight is 300 g/mol. The molecule has 0 spiro atoms. The highest BCUT2D eigenvalue weighted by Crippen LogP contribution is 2.57. The molecule has 4 nitrogen and oxygen atoms in total. The van der Waals surface area contributed by atoms with Crippen molar-refractivity contribution in [1.82, 2.24) is 0 Å². The van der Waals surface area contributed by atoms with Gasteiger partial charge >= 0.3 is 0 Å². The minimum absolute atomic E-state index is 0.0132. The highest BCUT2D eigenvalue weighted by Gasteiger charge is 2.48. The molecule has 4 N–H and O–H groups in total. The predicted octanol–water partition coefficient (Wildman–Crippen LogP) is 3.50. The first-order valence-corrected chi connectivity index (χ1v) is 7.24. The molecule has 0 bridgehead atoms. The third-order valence-corrected chi connectivity index (χ3v) is 4.72. The zero-order valence-electron chi connectivity index (χ0n) is 12.9. The van der Waals surface area contributed by atoms with E-state index in [1.54, 1.807) is 18.2 Å². The molecule has 1 aliphatic rings. The maximum absolute atomic E-state index is 10.4. The lowest BCUT2D eigenvalue weighted by atomic mass is 9.74. The van der Waals surface area contributed by atoms with Crippen molar-refractivity contribution < 1.29 is 20.4 Å². The lowest BCUT2D eigenvalue weighted by molar-refractivity contribution is 0.404. The largest absolute Gasteiger partial charge is 0.508 e. The second-order valence-electron chi connectivity index (χ2n) is 7.02. The first-order chi connectivity index (χ1) is 10.1. The molecule has 2 aromatic rings. The minimum atomic E-state index is -0.563. The zero-order chi connectivity index (χ0) is 16.3. The molecule has 0 saturated heterocycles. The van der Waals surface area contributed by atoms with Crippen molar-refractivity contribution in [2.24, 2.45) is 0 Å². The molecule has 3 rings (SSSR count). The lowest BCUT2D eigenvalue weighted by Crippen LogP contribution is -2.23. The number of fused-ring (bicyclic) bond motifs is 1. The molecule has 22 heavy (non-hydrogen) atoms. The fourth-order valence-corrected chi connectivity index (χ4v) is 3.95. The molecule has 0 aliphatic heterocycles. The van der Waals surface area contributed by atoms with Gasteiger partial charge in [0.25, 0.3) is 0 Å². The third kappa shape index (κ3) is 1.98. The summed E-state index contributed by atoms with van der Waals surface area (Å²) < 4.78 is 0. The summed E-state index contributed by atoms with van der Waals surface area (Å²) in [7, 11) is 0. The molecular formula is C18H20O4. The summed E-state index contributed by atoms with van der Waals surface area (Å²) in [6.45, 7) is 6.09. The molecule has 0 aromatic heterocycles. The van der Waals surface area contributed by atoms with Crippen LogP contribution in [0, 0.1) is 0 Å². The van der Waals surface area contributed by atoms with Crippen LogP contribution < -0.4 is 0 Å². The van der Waals surface area contributed by atoms with Gasteiger partial charge in [0.1, 0.15) is 23.0 Å². The Balaban J connectivity index is 2.30. The van der Waals surface area contributed by atoms with E-state index in [0.29, 0.717) is 6.42 Å². The van der Waals surface area contributed by atoms with E-state index in [4.69, 9.17) is 0 Å². The summed E-state index contributed by atoms with van der Waals surface area (Å²) in [6, 6.07) is 7.52. The first kappa shape index (κ1) is 14.6. The van der Waals surface area contributed by atoms with Crippen LogP contribution >= 0.6 is 0 Å². The Morgan fingerprint density at radius 3 is 1.91 bits per heavy atom. The Bertz CT molecular complexity index is 744. The molecule has 0 fully saturated rings. The van der Waals surface area contributed by atoms with Crippen molar-refractivity contribution in [3.8, 4) is 23.0 Å². The van der Waals surface area contributed by atoms with Crippen LogP contribution in [0.1, 0.15) is 43.9 Å². The number of hydrogen-bond acceptors (Lipinski definition) is 4. The Kier molecular flexibility index (Phi) is 2.86. The SMILES string of the molecule is CC1(C)CC(C)(c2cc(O)cc(O)c2)c2c(O)cc(O)cc21. The van der Waals surface area contributed by atoms with Gasteiger partial charge in [0, 0.05) is 23.1 Å². The van der Waals surface area contributed by atoms with Crippen LogP contribution in [0.3, 0.4) is 0 Å². The molecule has 0 heterocycles. The zero-order valence-corrected chi connectivity index (χ0v) is 12.9. The van der Waals surface area contributed by atoms with Gasteiger partial charge in [-0.05, 0) is 41.2 Å². The Morgan fingerprint density at radius 1 is 0.773 bits per heavy atom. The van der Waals surface area contributed by atoms with E-state index in [1.807, 2.05) is 6.92 Å². The maximum atomic E-state index is 10.4. The Hall–Kier alpha value is -2.36. The second-order valence-corrected chi connectivity index (χ2v) is 7.02. The molecule has 0 amide bonds. The van der Waals surface area contributed by atoms with Gasteiger partial charge in [0.05, 0.1) is 0 Å². The van der Waals surface area contributed by atoms with Crippen LogP contribution in [0.2, 0.25) is 0 Å². The molecule has 4 heteroatoms. The molecule has 2 aromatic carbocycles. The van der Waals surface area contributed by atoms with Crippen molar-refractivity contribution >= 4 is 0 Å². The van der Waals surface area contributed by atoms with Crippen molar-refractivity contribution in [3.05, 3.63) is 47.0 Å². The summed E-state index contributed by atoms with van der Waals surface area (Å²) in [6.07, 6.45) is 0.690. The molecule has 116 valence electrons. The van der Waals surface area contributed by atoms with Gasteiger partial charge in [-0.15, -0.1) is 0 Å². The van der Waals surface area contributed by atoms with Crippen LogP contribution in [-0.4, -0.2) is 20.4 Å². The van der Waals surface area contributed by atoms with Crippen molar-refractivity contribution in [3.63, 3.8) is 0 Å². The van der Waals surface area contributed by atoms with E-state index in [0.717, 1.165) is 16.7 Å². The number of hydrogen-bond donors (Lipinski definition) is 4. The number of benzene rings is 2. The smallest absolute Gasteiger partial charge is 0.123 e. The van der Waals surface area contributed by atoms with E-state index in [1.165, 1.54) is 12.1 Å². The van der Waals surface area contributed by atoms with Gasteiger partial charge in [-0.1, -0.05) is 20.8 Å². The quantitative estimate of drug-likeness (QED) is 0.650. The number of aromatic hydroxyl groups is 4. The van der Waals surface area contributed by atoms with Gasteiger partial charge in [-0.25, -0.2) is 0 Å². The predicted molar refractivity (Wildman–Crippen MR) is 83.6 cm³/mol. The molecule has 1 atom stereocenters. The summed E-state index contributed by atoms with van der Waals surface area (Å²) in [5.41, 5.74) is 1.54. The van der Waals surface area contributed by atoms with Gasteiger partial charge in [0.15, 0.2) is 0 Å². The number of phenolic OH excluding ortho intramolecular Hbond substituents is 4. The molecular weight excluding hydrogens is 280 g/mol. The highest BCUT2D eigenvalue weighted by molar-refractivity contribution is 5.61. The Labute approximate surface area is 129 Å². The van der Waals surface area contributed by atoms with Gasteiger partial charge in [-0.2, -0.15) is 0 Å². The van der Waals surface area contributed by atoms with Crippen molar-refractivity contribution in [2.75, 3.05) is 0 Å². The first-order valence-electron chi connectivity index (χ1n) is 7.24. The maximum Gasteiger partial charge on any atom is 0.123 e. The summed E-state index contributed by atoms with van der Waals surface area (Å²) >= 11 is 0. The van der Waals surface area contributed by atoms with E-state index < -0.39 is 5.41 Å². The van der Waals surface area contributed by atoms with Gasteiger partial charge in [-0.3, -0.25) is 0 Å². The van der Waals surface area contributed by atoms with E-state index in [9.17, 15) is 20.4 Å². The molecule has 1 aliphatic carbocycles. The fraction of sp³-hybridized carbons (Fsp3) is 0.333. The van der Waals surface area contributed by atoms with E-state index in [2.05, 4.69) is 13.8 Å². The Morgan fingerprint density at radius 2 is 1.32 bits per heavy atom. The average Bonchev–Trinajstić information content (AvgIpc) is 2.56. The van der Waals surface area contributed by atoms with E-state index >= 15 is 0 Å². The highest BCUT2D eigenvalue weighted by atomic mass is 16.3. The summed E-state index contributed by atoms with van der Waals surface area (Å²) in [5, 5.41) is 39.8. The summed E-state index contributed by atoms with van der Waals surface area (Å²) in [4.78, 5) is 0. The topological polar surface area (TPSA) is 80.9 Å². The molecule has 0 saturated carbocycles. The van der Waals surface area contributed by atoms with Crippen LogP contribution in [0.5, 0.6) is 23.0 Å². The molecule has 1 unspecified atom stereocenters. The van der Waals surface area contributed by atoms with Crippen molar-refractivity contribution in [2.45, 2.75) is 38.0 Å². The minimum Gasteiger partial charge on any atom is -0.508 e. The fourth-order valence-electron chi connectivity index (χ4n) is 3.95. The van der Waals surface area contributed by atoms with Crippen LogP contribution in [-0.2, 0) is 10.8 Å². The van der Waals surface area contributed by atoms with Crippen LogP contribution in [0.25, 0.3) is 0 Å². The monoisotopic (exact) mass is 300 g/mol. The van der Waals surface area contributed by atoms with Gasteiger partial charge < -0.3 is 20.4 Å². The normalized spacial score (nSPS) is 22.5. The van der Waals surface area contributed by atoms with E-state index in [-0.39, 0.29) is 28.4 Å². The summed E-state index contributed by atoms with van der Waals surface area (Å²) in [5.74, 6) is 0.0414. The lowest BCUT2D eigenvalue weighted by Gasteiger charge is -2.29. The second kappa shape index (κ2) is 4.32. The molecule has 0 radical (unpaired) electrons. The number of rotatable bonds is 1. The third-order valence-electron chi connectivity index (χ3n) is 4.72. The standard InChI is InChI=1S/C18H20O4/c1-17(2)9-18(3,10-4-11(19)6-12(20)5-10)16-14(17)7-13(21)8-15(16)22/h4-8,19-22H,9H2,1-3H3. The number of phenols is 4. The van der Waals surface area contributed by atoms with Crippen LogP contribution in [0.15, 0.2) is 30.3 Å².